The van der Waals surface area contributed by atoms with Gasteiger partial charge in [0.15, 0.2) is 0 Å². The van der Waals surface area contributed by atoms with Crippen molar-refractivity contribution in [3.8, 4) is 0 Å². The Morgan fingerprint density at radius 1 is 1.09 bits per heavy atom. The largest absolute Gasteiger partial charge is 0.466 e. The third-order valence-corrected chi connectivity index (χ3v) is 6.27. The summed E-state index contributed by atoms with van der Waals surface area (Å²) in [6, 6.07) is 14.7. The molecule has 0 bridgehead atoms. The molecule has 8 heteroatoms. The number of hydrogen-bond donors (Lipinski definition) is 2. The van der Waals surface area contributed by atoms with Gasteiger partial charge < -0.3 is 20.3 Å². The first-order chi connectivity index (χ1) is 15.5. The molecule has 1 saturated heterocycles. The van der Waals surface area contributed by atoms with E-state index in [-0.39, 0.29) is 6.03 Å². The summed E-state index contributed by atoms with van der Waals surface area (Å²) in [6.45, 7) is 5.88. The van der Waals surface area contributed by atoms with Crippen molar-refractivity contribution in [2.24, 2.45) is 0 Å². The fourth-order valence-electron chi connectivity index (χ4n) is 4.18. The molecule has 1 atom stereocenters. The van der Waals surface area contributed by atoms with Gasteiger partial charge in [0.2, 0.25) is 0 Å². The van der Waals surface area contributed by atoms with Crippen LogP contribution in [0.1, 0.15) is 17.2 Å². The number of rotatable bonds is 5. The molecular formula is C24H27ClN4O3. The summed E-state index contributed by atoms with van der Waals surface area (Å²) >= 11 is 6.38. The van der Waals surface area contributed by atoms with Crippen LogP contribution in [0.5, 0.6) is 0 Å². The maximum Gasteiger partial charge on any atom is 0.338 e. The van der Waals surface area contributed by atoms with Crippen molar-refractivity contribution in [1.82, 2.24) is 15.5 Å². The van der Waals surface area contributed by atoms with E-state index in [0.29, 0.717) is 28.4 Å². The van der Waals surface area contributed by atoms with Gasteiger partial charge in [0.25, 0.3) is 0 Å². The molecule has 2 aromatic carbocycles. The average Bonchev–Trinajstić information content (AvgIpc) is 2.80. The number of methoxy groups -OCH3 is 1. The molecule has 0 aromatic heterocycles. The quantitative estimate of drug-likeness (QED) is 0.678. The average molecular weight is 455 g/mol. The number of esters is 1. The van der Waals surface area contributed by atoms with Gasteiger partial charge in [-0.15, -0.1) is 0 Å². The van der Waals surface area contributed by atoms with Crippen LogP contribution in [-0.2, 0) is 9.53 Å². The highest BCUT2D eigenvalue weighted by molar-refractivity contribution is 6.31. The van der Waals surface area contributed by atoms with Crippen molar-refractivity contribution >= 4 is 29.3 Å². The molecule has 4 rings (SSSR count). The van der Waals surface area contributed by atoms with Crippen LogP contribution in [0.15, 0.2) is 59.8 Å². The maximum absolute atomic E-state index is 12.7. The Hall–Kier alpha value is -3.03. The zero-order valence-electron chi connectivity index (χ0n) is 18.2. The summed E-state index contributed by atoms with van der Waals surface area (Å²) in [5.41, 5.74) is 4.03. The second-order valence-corrected chi connectivity index (χ2v) is 8.44. The summed E-state index contributed by atoms with van der Waals surface area (Å²) in [6.07, 6.45) is 0. The van der Waals surface area contributed by atoms with Crippen LogP contribution in [-0.4, -0.2) is 56.7 Å². The van der Waals surface area contributed by atoms with E-state index in [9.17, 15) is 9.59 Å². The summed E-state index contributed by atoms with van der Waals surface area (Å²) in [5, 5.41) is 6.13. The Morgan fingerprint density at radius 2 is 1.78 bits per heavy atom. The number of carbonyl (C=O) groups excluding carboxylic acids is 2. The summed E-state index contributed by atoms with van der Waals surface area (Å²) in [5.74, 6) is -0.490. The number of urea groups is 1. The van der Waals surface area contributed by atoms with Crippen LogP contribution in [0, 0.1) is 6.92 Å². The van der Waals surface area contributed by atoms with E-state index < -0.39 is 12.0 Å². The van der Waals surface area contributed by atoms with Crippen LogP contribution >= 0.6 is 11.6 Å². The number of hydrogen-bond acceptors (Lipinski definition) is 5. The molecule has 0 spiro atoms. The van der Waals surface area contributed by atoms with E-state index in [0.717, 1.165) is 26.2 Å². The highest BCUT2D eigenvalue weighted by Gasteiger charge is 2.35. The van der Waals surface area contributed by atoms with Crippen LogP contribution in [0.2, 0.25) is 5.02 Å². The number of nitrogens with one attached hydrogen (secondary N) is 2. The lowest BCUT2D eigenvalue weighted by molar-refractivity contribution is -0.136. The van der Waals surface area contributed by atoms with Crippen molar-refractivity contribution < 1.29 is 14.3 Å². The molecule has 1 unspecified atom stereocenters. The lowest BCUT2D eigenvalue weighted by Gasteiger charge is -2.38. The molecule has 2 amide bonds. The first kappa shape index (κ1) is 22.2. The number of halogens is 1. The molecule has 2 aliphatic heterocycles. The zero-order valence-corrected chi connectivity index (χ0v) is 19.0. The minimum Gasteiger partial charge on any atom is -0.466 e. The fraction of sp³-hybridized carbons (Fsp3) is 0.333. The smallest absolute Gasteiger partial charge is 0.338 e. The van der Waals surface area contributed by atoms with Crippen molar-refractivity contribution in [2.45, 2.75) is 13.0 Å². The van der Waals surface area contributed by atoms with E-state index in [2.05, 4.69) is 51.6 Å². The Bertz CT molecular complexity index is 1030. The van der Waals surface area contributed by atoms with Gasteiger partial charge in [0, 0.05) is 49.1 Å². The fourth-order valence-corrected chi connectivity index (χ4v) is 4.42. The molecule has 2 heterocycles. The summed E-state index contributed by atoms with van der Waals surface area (Å²) in [4.78, 5) is 29.8. The molecule has 0 aliphatic carbocycles. The molecule has 2 aromatic rings. The molecule has 2 aliphatic rings. The van der Waals surface area contributed by atoms with E-state index in [1.54, 1.807) is 12.1 Å². The first-order valence-corrected chi connectivity index (χ1v) is 11.0. The number of piperazine rings is 1. The van der Waals surface area contributed by atoms with E-state index in [1.165, 1.54) is 18.4 Å². The SMILES string of the molecule is COC(=O)C1=C(CN2CCN(c3ccc(C)cc3)CC2)NC(=O)NC1c1ccccc1Cl. The van der Waals surface area contributed by atoms with Gasteiger partial charge in [-0.3, -0.25) is 4.90 Å². The molecular weight excluding hydrogens is 428 g/mol. The monoisotopic (exact) mass is 454 g/mol. The second kappa shape index (κ2) is 9.63. The van der Waals surface area contributed by atoms with E-state index in [1.807, 2.05) is 12.1 Å². The zero-order chi connectivity index (χ0) is 22.7. The Morgan fingerprint density at radius 3 is 2.44 bits per heavy atom. The van der Waals surface area contributed by atoms with Crippen molar-refractivity contribution in [2.75, 3.05) is 44.7 Å². The maximum atomic E-state index is 12.7. The highest BCUT2D eigenvalue weighted by Crippen LogP contribution is 2.32. The van der Waals surface area contributed by atoms with Crippen LogP contribution in [0.3, 0.4) is 0 Å². The number of nitrogens with zero attached hydrogens (tertiary/aromatic N) is 2. The van der Waals surface area contributed by atoms with E-state index >= 15 is 0 Å². The molecule has 168 valence electrons. The Labute approximate surface area is 193 Å². The van der Waals surface area contributed by atoms with Gasteiger partial charge in [-0.05, 0) is 30.7 Å². The van der Waals surface area contributed by atoms with Gasteiger partial charge in [-0.2, -0.15) is 0 Å². The number of carbonyl (C=O) groups is 2. The van der Waals surface area contributed by atoms with Gasteiger partial charge >= 0.3 is 12.0 Å². The number of ether oxygens (including phenoxy) is 1. The van der Waals surface area contributed by atoms with Gasteiger partial charge in [0.1, 0.15) is 0 Å². The van der Waals surface area contributed by atoms with Gasteiger partial charge in [-0.25, -0.2) is 9.59 Å². The second-order valence-electron chi connectivity index (χ2n) is 8.04. The minimum atomic E-state index is -0.672. The normalized spacial score (nSPS) is 19.4. The predicted octanol–water partition coefficient (Wildman–Crippen LogP) is 3.25. The first-order valence-electron chi connectivity index (χ1n) is 10.6. The number of amides is 2. The third-order valence-electron chi connectivity index (χ3n) is 5.93. The molecule has 0 radical (unpaired) electrons. The topological polar surface area (TPSA) is 73.9 Å². The van der Waals surface area contributed by atoms with Crippen LogP contribution < -0.4 is 15.5 Å². The van der Waals surface area contributed by atoms with E-state index in [4.69, 9.17) is 16.3 Å². The van der Waals surface area contributed by atoms with Crippen molar-refractivity contribution in [3.05, 3.63) is 76.0 Å². The lowest BCUT2D eigenvalue weighted by atomic mass is 9.95. The number of anilines is 1. The van der Waals surface area contributed by atoms with Crippen LogP contribution in [0.4, 0.5) is 10.5 Å². The molecule has 2 N–H and O–H groups in total. The Balaban J connectivity index is 1.55. The summed E-state index contributed by atoms with van der Waals surface area (Å²) in [7, 11) is 1.34. The van der Waals surface area contributed by atoms with Gasteiger partial charge in [-0.1, -0.05) is 47.5 Å². The standard InChI is InChI=1S/C24H27ClN4O3/c1-16-7-9-17(10-8-16)29-13-11-28(12-14-29)15-20-21(23(30)32-2)22(27-24(31)26-20)18-5-3-4-6-19(18)25/h3-10,22H,11-15H2,1-2H3,(H2,26,27,31). The number of benzene rings is 2. The third kappa shape index (κ3) is 4.74. The molecule has 1 fully saturated rings. The highest BCUT2D eigenvalue weighted by atomic mass is 35.5. The summed E-state index contributed by atoms with van der Waals surface area (Å²) < 4.78 is 5.06. The van der Waals surface area contributed by atoms with Gasteiger partial charge in [0.05, 0.1) is 18.7 Å². The minimum absolute atomic E-state index is 0.365. The Kier molecular flexibility index (Phi) is 6.67. The van der Waals surface area contributed by atoms with Crippen molar-refractivity contribution in [3.63, 3.8) is 0 Å². The molecule has 7 nitrogen and oxygen atoms in total. The predicted molar refractivity (Wildman–Crippen MR) is 125 cm³/mol. The lowest BCUT2D eigenvalue weighted by Crippen LogP contribution is -2.51. The van der Waals surface area contributed by atoms with Crippen LogP contribution in [0.25, 0.3) is 0 Å². The van der Waals surface area contributed by atoms with Crippen molar-refractivity contribution in [1.29, 1.82) is 0 Å². The molecule has 32 heavy (non-hydrogen) atoms. The number of aryl methyl sites for hydroxylation is 1. The molecule has 0 saturated carbocycles.